The summed E-state index contributed by atoms with van der Waals surface area (Å²) in [7, 11) is -3.39. The van der Waals surface area contributed by atoms with Gasteiger partial charge in [0.25, 0.3) is 0 Å². The highest BCUT2D eigenvalue weighted by atomic mass is 32.2. The van der Waals surface area contributed by atoms with Crippen LogP contribution < -0.4 is 9.47 Å². The molecule has 3 heterocycles. The molecule has 0 spiro atoms. The van der Waals surface area contributed by atoms with Gasteiger partial charge in [0.05, 0.1) is 5.69 Å². The van der Waals surface area contributed by atoms with Gasteiger partial charge in [0.2, 0.25) is 21.8 Å². The Hall–Kier alpha value is -2.19. The molecule has 0 unspecified atom stereocenters. The maximum Gasteiger partial charge on any atom is 0.247 e. The van der Waals surface area contributed by atoms with Gasteiger partial charge in [-0.2, -0.15) is 0 Å². The van der Waals surface area contributed by atoms with E-state index < -0.39 is 9.84 Å². The van der Waals surface area contributed by atoms with Gasteiger partial charge in [0.1, 0.15) is 0 Å². The summed E-state index contributed by atoms with van der Waals surface area (Å²) in [5, 5.41) is -0.105. The molecular weight excluding hydrogens is 330 g/mol. The zero-order valence-corrected chi connectivity index (χ0v) is 14.0. The first-order valence-corrected chi connectivity index (χ1v) is 9.54. The first-order valence-electron chi connectivity index (χ1n) is 7.65. The number of benzene rings is 1. The van der Waals surface area contributed by atoms with Crippen LogP contribution in [0.5, 0.6) is 11.5 Å². The van der Waals surface area contributed by atoms with Gasteiger partial charge in [-0.1, -0.05) is 6.07 Å². The van der Waals surface area contributed by atoms with Crippen molar-refractivity contribution in [3.8, 4) is 11.5 Å². The predicted octanol–water partition coefficient (Wildman–Crippen LogP) is 1.17. The molecule has 0 saturated carbocycles. The SMILES string of the molecule is CS(=O)(=O)c1ncc2c(n1)CN(Cc1ccc3c(c1)OCO3)CC2. The highest BCUT2D eigenvalue weighted by Gasteiger charge is 2.22. The van der Waals surface area contributed by atoms with E-state index in [2.05, 4.69) is 14.9 Å². The van der Waals surface area contributed by atoms with Crippen molar-refractivity contribution in [2.75, 3.05) is 19.6 Å². The van der Waals surface area contributed by atoms with Crippen molar-refractivity contribution in [3.05, 3.63) is 41.2 Å². The van der Waals surface area contributed by atoms with Crippen LogP contribution >= 0.6 is 0 Å². The molecule has 0 saturated heterocycles. The van der Waals surface area contributed by atoms with E-state index in [1.165, 1.54) is 0 Å². The summed E-state index contributed by atoms with van der Waals surface area (Å²) in [4.78, 5) is 10.4. The Bertz CT molecular complexity index is 898. The lowest BCUT2D eigenvalue weighted by Gasteiger charge is -2.27. The summed E-state index contributed by atoms with van der Waals surface area (Å²) in [6.07, 6.45) is 3.57. The summed E-state index contributed by atoms with van der Waals surface area (Å²) >= 11 is 0. The van der Waals surface area contributed by atoms with Crippen molar-refractivity contribution in [2.45, 2.75) is 24.7 Å². The summed E-state index contributed by atoms with van der Waals surface area (Å²) in [5.41, 5.74) is 2.93. The summed E-state index contributed by atoms with van der Waals surface area (Å²) in [6, 6.07) is 5.92. The molecule has 1 aromatic heterocycles. The number of aromatic nitrogens is 2. The molecule has 24 heavy (non-hydrogen) atoms. The fourth-order valence-electron chi connectivity index (χ4n) is 2.95. The molecule has 4 rings (SSSR count). The lowest BCUT2D eigenvalue weighted by molar-refractivity contribution is 0.174. The Labute approximate surface area is 140 Å². The first kappa shape index (κ1) is 15.3. The molecule has 0 fully saturated rings. The van der Waals surface area contributed by atoms with Gasteiger partial charge in [-0.3, -0.25) is 4.90 Å². The minimum atomic E-state index is -3.39. The average Bonchev–Trinajstić information content (AvgIpc) is 3.01. The number of nitrogens with zero attached hydrogens (tertiary/aromatic N) is 3. The monoisotopic (exact) mass is 347 g/mol. The summed E-state index contributed by atoms with van der Waals surface area (Å²) in [5.74, 6) is 1.54. The minimum absolute atomic E-state index is 0.105. The molecule has 0 atom stereocenters. The molecule has 126 valence electrons. The fraction of sp³-hybridized carbons (Fsp3) is 0.375. The fourth-order valence-corrected chi connectivity index (χ4v) is 3.47. The van der Waals surface area contributed by atoms with Crippen molar-refractivity contribution in [2.24, 2.45) is 0 Å². The van der Waals surface area contributed by atoms with Gasteiger partial charge in [-0.25, -0.2) is 18.4 Å². The van der Waals surface area contributed by atoms with Gasteiger partial charge in [0.15, 0.2) is 11.5 Å². The Morgan fingerprint density at radius 2 is 2.08 bits per heavy atom. The Morgan fingerprint density at radius 3 is 2.92 bits per heavy atom. The third kappa shape index (κ3) is 2.94. The van der Waals surface area contributed by atoms with Crippen LogP contribution in [0.4, 0.5) is 0 Å². The zero-order valence-electron chi connectivity index (χ0n) is 13.2. The third-order valence-corrected chi connectivity index (χ3v) is 5.04. The van der Waals surface area contributed by atoms with Gasteiger partial charge >= 0.3 is 0 Å². The van der Waals surface area contributed by atoms with Crippen LogP contribution in [-0.4, -0.2) is 42.9 Å². The van der Waals surface area contributed by atoms with Crippen LogP contribution in [0.2, 0.25) is 0 Å². The standard InChI is InChI=1S/C16H17N3O4S/c1-24(20,21)16-17-7-12-4-5-19(9-13(12)18-16)8-11-2-3-14-15(6-11)23-10-22-14/h2-3,6-7H,4-5,8-10H2,1H3. The van der Waals surface area contributed by atoms with Gasteiger partial charge in [-0.05, 0) is 29.7 Å². The van der Waals surface area contributed by atoms with Crippen molar-refractivity contribution < 1.29 is 17.9 Å². The van der Waals surface area contributed by atoms with Gasteiger partial charge in [-0.15, -0.1) is 0 Å². The molecule has 0 amide bonds. The van der Waals surface area contributed by atoms with E-state index in [4.69, 9.17) is 9.47 Å². The normalized spacial score (nSPS) is 16.9. The third-order valence-electron chi connectivity index (χ3n) is 4.18. The minimum Gasteiger partial charge on any atom is -0.454 e. The number of hydrogen-bond acceptors (Lipinski definition) is 7. The number of sulfone groups is 1. The van der Waals surface area contributed by atoms with Crippen LogP contribution in [0.25, 0.3) is 0 Å². The Morgan fingerprint density at radius 1 is 1.25 bits per heavy atom. The topological polar surface area (TPSA) is 81.6 Å². The smallest absolute Gasteiger partial charge is 0.247 e. The van der Waals surface area contributed by atoms with Crippen molar-refractivity contribution >= 4 is 9.84 Å². The van der Waals surface area contributed by atoms with Crippen LogP contribution in [0.1, 0.15) is 16.8 Å². The number of hydrogen-bond donors (Lipinski definition) is 0. The molecular formula is C16H17N3O4S. The highest BCUT2D eigenvalue weighted by molar-refractivity contribution is 7.90. The van der Waals surface area contributed by atoms with Crippen molar-refractivity contribution in [1.29, 1.82) is 0 Å². The number of rotatable bonds is 3. The van der Waals surface area contributed by atoms with E-state index in [1.54, 1.807) is 6.20 Å². The van der Waals surface area contributed by atoms with E-state index in [0.29, 0.717) is 6.54 Å². The van der Waals surface area contributed by atoms with Gasteiger partial charge < -0.3 is 9.47 Å². The highest BCUT2D eigenvalue weighted by Crippen LogP contribution is 2.33. The lowest BCUT2D eigenvalue weighted by Crippen LogP contribution is -2.31. The quantitative estimate of drug-likeness (QED) is 0.771. The maximum absolute atomic E-state index is 11.6. The lowest BCUT2D eigenvalue weighted by atomic mass is 10.1. The maximum atomic E-state index is 11.6. The van der Waals surface area contributed by atoms with E-state index in [9.17, 15) is 8.42 Å². The van der Waals surface area contributed by atoms with E-state index in [-0.39, 0.29) is 11.9 Å². The molecule has 1 aromatic carbocycles. The van der Waals surface area contributed by atoms with Crippen LogP contribution in [0.3, 0.4) is 0 Å². The van der Waals surface area contributed by atoms with E-state index in [0.717, 1.165) is 54.1 Å². The molecule has 0 radical (unpaired) electrons. The molecule has 2 aliphatic heterocycles. The predicted molar refractivity (Wildman–Crippen MR) is 85.5 cm³/mol. The first-order chi connectivity index (χ1) is 11.5. The number of ether oxygens (including phenoxy) is 2. The van der Waals surface area contributed by atoms with E-state index in [1.807, 2.05) is 18.2 Å². The molecule has 0 bridgehead atoms. The van der Waals surface area contributed by atoms with Crippen LogP contribution in [0, 0.1) is 0 Å². The Kier molecular flexibility index (Phi) is 3.65. The second-order valence-electron chi connectivity index (χ2n) is 6.04. The number of fused-ring (bicyclic) bond motifs is 2. The molecule has 0 aliphatic carbocycles. The van der Waals surface area contributed by atoms with Crippen LogP contribution in [0.15, 0.2) is 29.6 Å². The van der Waals surface area contributed by atoms with E-state index >= 15 is 0 Å². The second kappa shape index (κ2) is 5.71. The molecule has 2 aromatic rings. The van der Waals surface area contributed by atoms with Gasteiger partial charge in [0, 0.05) is 32.1 Å². The van der Waals surface area contributed by atoms with Crippen molar-refractivity contribution in [1.82, 2.24) is 14.9 Å². The molecule has 7 nitrogen and oxygen atoms in total. The van der Waals surface area contributed by atoms with Crippen LogP contribution in [-0.2, 0) is 29.3 Å². The summed E-state index contributed by atoms with van der Waals surface area (Å²) in [6.45, 7) is 2.49. The average molecular weight is 347 g/mol. The van der Waals surface area contributed by atoms with Crippen molar-refractivity contribution in [3.63, 3.8) is 0 Å². The molecule has 0 N–H and O–H groups in total. The summed E-state index contributed by atoms with van der Waals surface area (Å²) < 4.78 is 34.0. The largest absolute Gasteiger partial charge is 0.454 e. The molecule has 2 aliphatic rings. The Balaban J connectivity index is 1.53. The molecule has 8 heteroatoms. The second-order valence-corrected chi connectivity index (χ2v) is 7.95. The zero-order chi connectivity index (χ0) is 16.7.